The van der Waals surface area contributed by atoms with E-state index in [1.165, 1.54) is 12.1 Å². The summed E-state index contributed by atoms with van der Waals surface area (Å²) in [5.74, 6) is 0.543. The Morgan fingerprint density at radius 1 is 0.812 bits per heavy atom. The number of rotatable bonds is 5. The van der Waals surface area contributed by atoms with Crippen molar-refractivity contribution in [1.29, 1.82) is 0 Å². The molecule has 0 bridgehead atoms. The maximum Gasteiger partial charge on any atom is 0.261 e. The van der Waals surface area contributed by atoms with Gasteiger partial charge in [0.25, 0.3) is 10.0 Å². The predicted octanol–water partition coefficient (Wildman–Crippen LogP) is 4.42. The average molecular weight is 507 g/mol. The van der Waals surface area contributed by atoms with Crippen LogP contribution in [-0.4, -0.2) is 33.2 Å². The van der Waals surface area contributed by atoms with Crippen molar-refractivity contribution in [3.05, 3.63) is 89.5 Å². The van der Waals surface area contributed by atoms with Gasteiger partial charge in [0, 0.05) is 21.9 Å². The molecule has 0 atom stereocenters. The molecule has 3 aromatic heterocycles. The van der Waals surface area contributed by atoms with Gasteiger partial charge in [0.15, 0.2) is 5.65 Å². The van der Waals surface area contributed by atoms with Gasteiger partial charge in [-0.15, -0.1) is 10.2 Å². The Hall–Kier alpha value is -3.63. The number of fused-ring (bicyclic) bond motifs is 1. The lowest BCUT2D eigenvalue weighted by Gasteiger charge is -2.09. The number of anilines is 1. The van der Waals surface area contributed by atoms with E-state index in [9.17, 15) is 8.42 Å². The highest BCUT2D eigenvalue weighted by molar-refractivity contribution is 9.10. The number of nitrogens with zero attached hydrogens (tertiary/aromatic N) is 5. The number of benzene rings is 2. The van der Waals surface area contributed by atoms with Crippen LogP contribution in [0.2, 0.25) is 0 Å². The second-order valence-corrected chi connectivity index (χ2v) is 9.46. The second-order valence-electron chi connectivity index (χ2n) is 6.86. The molecule has 1 N–H and O–H groups in total. The minimum atomic E-state index is -3.68. The van der Waals surface area contributed by atoms with Gasteiger partial charge in [-0.1, -0.05) is 34.1 Å². The highest BCUT2D eigenvalue weighted by Gasteiger charge is 2.15. The Balaban J connectivity index is 1.43. The molecule has 0 aliphatic heterocycles. The van der Waals surface area contributed by atoms with Crippen molar-refractivity contribution in [3.63, 3.8) is 0 Å². The van der Waals surface area contributed by atoms with Crippen LogP contribution < -0.4 is 4.72 Å². The van der Waals surface area contributed by atoms with Crippen molar-refractivity contribution in [2.75, 3.05) is 4.72 Å². The zero-order valence-corrected chi connectivity index (χ0v) is 18.8. The molecule has 0 aliphatic carbocycles. The lowest BCUT2D eigenvalue weighted by atomic mass is 10.1. The van der Waals surface area contributed by atoms with E-state index in [0.29, 0.717) is 28.5 Å². The van der Waals surface area contributed by atoms with Gasteiger partial charge < -0.3 is 0 Å². The SMILES string of the molecule is O=S(=O)(Nc1ccc(-c2ccc3nnc(-c4ccccn4)n3n2)cc1)c1ccc(Br)cc1. The van der Waals surface area contributed by atoms with Gasteiger partial charge in [-0.05, 0) is 60.7 Å². The Labute approximate surface area is 192 Å². The number of aromatic nitrogens is 5. The smallest absolute Gasteiger partial charge is 0.261 e. The van der Waals surface area contributed by atoms with Crippen molar-refractivity contribution in [2.24, 2.45) is 0 Å². The molecule has 8 nitrogen and oxygen atoms in total. The van der Waals surface area contributed by atoms with E-state index < -0.39 is 10.0 Å². The van der Waals surface area contributed by atoms with Gasteiger partial charge >= 0.3 is 0 Å². The van der Waals surface area contributed by atoms with Crippen LogP contribution in [0.4, 0.5) is 5.69 Å². The molecule has 0 aliphatic rings. The van der Waals surface area contributed by atoms with Crippen LogP contribution in [0.1, 0.15) is 0 Å². The third kappa shape index (κ3) is 3.97. The van der Waals surface area contributed by atoms with E-state index in [-0.39, 0.29) is 4.90 Å². The second kappa shape index (κ2) is 8.13. The summed E-state index contributed by atoms with van der Waals surface area (Å²) >= 11 is 3.31. The first-order chi connectivity index (χ1) is 15.5. The van der Waals surface area contributed by atoms with Gasteiger partial charge in [-0.2, -0.15) is 9.61 Å². The van der Waals surface area contributed by atoms with Crippen LogP contribution in [0.5, 0.6) is 0 Å². The van der Waals surface area contributed by atoms with Gasteiger partial charge in [0.05, 0.1) is 10.6 Å². The molecule has 0 saturated heterocycles. The maximum absolute atomic E-state index is 12.6. The molecule has 0 amide bonds. The number of sulfonamides is 1. The fourth-order valence-electron chi connectivity index (χ4n) is 3.13. The monoisotopic (exact) mass is 506 g/mol. The Bertz CT molecular complexity index is 1500. The van der Waals surface area contributed by atoms with Crippen LogP contribution >= 0.6 is 15.9 Å². The summed E-state index contributed by atoms with van der Waals surface area (Å²) in [7, 11) is -3.68. The minimum Gasteiger partial charge on any atom is -0.280 e. The van der Waals surface area contributed by atoms with E-state index in [4.69, 9.17) is 0 Å². The summed E-state index contributed by atoms with van der Waals surface area (Å²) in [6, 6.07) is 22.7. The van der Waals surface area contributed by atoms with E-state index in [0.717, 1.165) is 10.0 Å². The summed E-state index contributed by atoms with van der Waals surface area (Å²) in [4.78, 5) is 4.50. The molecule has 3 heterocycles. The lowest BCUT2D eigenvalue weighted by molar-refractivity contribution is 0.601. The molecule has 2 aromatic carbocycles. The largest absolute Gasteiger partial charge is 0.280 e. The summed E-state index contributed by atoms with van der Waals surface area (Å²) in [5.41, 5.74) is 3.24. The minimum absolute atomic E-state index is 0.187. The first-order valence-electron chi connectivity index (χ1n) is 9.52. The molecule has 0 spiro atoms. The average Bonchev–Trinajstić information content (AvgIpc) is 3.23. The lowest BCUT2D eigenvalue weighted by Crippen LogP contribution is -2.12. The van der Waals surface area contributed by atoms with Gasteiger partial charge in [0.1, 0.15) is 5.69 Å². The topological polar surface area (TPSA) is 102 Å². The van der Waals surface area contributed by atoms with Crippen LogP contribution in [0.15, 0.2) is 94.4 Å². The van der Waals surface area contributed by atoms with Gasteiger partial charge in [-0.25, -0.2) is 8.42 Å². The van der Waals surface area contributed by atoms with Crippen molar-refractivity contribution < 1.29 is 8.42 Å². The quantitative estimate of drug-likeness (QED) is 0.378. The zero-order chi connectivity index (χ0) is 22.1. The van der Waals surface area contributed by atoms with E-state index >= 15 is 0 Å². The van der Waals surface area contributed by atoms with Crippen molar-refractivity contribution in [3.8, 4) is 22.8 Å². The van der Waals surface area contributed by atoms with Crippen LogP contribution in [-0.2, 0) is 10.0 Å². The third-order valence-corrected chi connectivity index (χ3v) is 6.64. The Morgan fingerprint density at radius 3 is 2.31 bits per heavy atom. The molecule has 10 heteroatoms. The zero-order valence-electron chi connectivity index (χ0n) is 16.4. The highest BCUT2D eigenvalue weighted by atomic mass is 79.9. The molecule has 158 valence electrons. The number of hydrogen-bond donors (Lipinski definition) is 1. The number of hydrogen-bond acceptors (Lipinski definition) is 6. The molecule has 5 aromatic rings. The molecule has 5 rings (SSSR count). The van der Waals surface area contributed by atoms with Crippen molar-refractivity contribution in [1.82, 2.24) is 24.8 Å². The van der Waals surface area contributed by atoms with Crippen molar-refractivity contribution >= 4 is 37.3 Å². The maximum atomic E-state index is 12.6. The molecule has 32 heavy (non-hydrogen) atoms. The standard InChI is InChI=1S/C22H15BrN6O2S/c23-16-6-10-18(11-7-16)32(30,31)28-17-8-4-15(5-9-17)19-12-13-21-25-26-22(29(21)27-19)20-3-1-2-14-24-20/h1-14,28H. The first-order valence-corrected chi connectivity index (χ1v) is 11.8. The van der Waals surface area contributed by atoms with Crippen LogP contribution in [0.25, 0.3) is 28.4 Å². The molecular weight excluding hydrogens is 492 g/mol. The fraction of sp³-hybridized carbons (Fsp3) is 0. The van der Waals surface area contributed by atoms with Gasteiger partial charge in [0.2, 0.25) is 5.82 Å². The normalized spacial score (nSPS) is 11.5. The number of halogens is 1. The van der Waals surface area contributed by atoms with Crippen molar-refractivity contribution in [2.45, 2.75) is 4.90 Å². The highest BCUT2D eigenvalue weighted by Crippen LogP contribution is 2.24. The summed E-state index contributed by atoms with van der Waals surface area (Å²) < 4.78 is 30.2. The van der Waals surface area contributed by atoms with E-state index in [1.807, 2.05) is 30.3 Å². The van der Waals surface area contributed by atoms with Crippen LogP contribution in [0.3, 0.4) is 0 Å². The van der Waals surface area contributed by atoms with Crippen LogP contribution in [0, 0.1) is 0 Å². The van der Waals surface area contributed by atoms with E-state index in [2.05, 4.69) is 40.9 Å². The number of pyridine rings is 1. The Morgan fingerprint density at radius 2 is 1.59 bits per heavy atom. The molecule has 0 radical (unpaired) electrons. The summed E-state index contributed by atoms with van der Waals surface area (Å²) in [6.45, 7) is 0. The summed E-state index contributed by atoms with van der Waals surface area (Å²) in [6.07, 6.45) is 1.69. The first kappa shape index (κ1) is 20.3. The van der Waals surface area contributed by atoms with E-state index in [1.54, 1.807) is 47.1 Å². The predicted molar refractivity (Wildman–Crippen MR) is 124 cm³/mol. The fourth-order valence-corrected chi connectivity index (χ4v) is 4.46. The van der Waals surface area contributed by atoms with Gasteiger partial charge in [-0.3, -0.25) is 9.71 Å². The Kier molecular flexibility index (Phi) is 5.16. The molecule has 0 fully saturated rings. The molecule has 0 saturated carbocycles. The molecular formula is C22H15BrN6O2S. The number of nitrogens with one attached hydrogen (secondary N) is 1. The molecule has 0 unspecified atom stereocenters. The third-order valence-electron chi connectivity index (χ3n) is 4.71. The summed E-state index contributed by atoms with van der Waals surface area (Å²) in [5, 5.41) is 13.0.